The molecule has 0 unspecified atom stereocenters. The SMILES string of the molecule is c1coc(CNCCN2CCCOc3ccccc32)c1. The lowest BCUT2D eigenvalue weighted by molar-refractivity contribution is 0.322. The monoisotopic (exact) mass is 272 g/mol. The molecule has 2 aromatic rings. The lowest BCUT2D eigenvalue weighted by atomic mass is 10.2. The quantitative estimate of drug-likeness (QED) is 0.849. The average molecular weight is 272 g/mol. The zero-order chi connectivity index (χ0) is 13.6. The van der Waals surface area contributed by atoms with Crippen molar-refractivity contribution in [1.82, 2.24) is 5.32 Å². The summed E-state index contributed by atoms with van der Waals surface area (Å²) in [5.74, 6) is 1.97. The number of fused-ring (bicyclic) bond motifs is 1. The number of nitrogens with one attached hydrogen (secondary N) is 1. The third kappa shape index (κ3) is 3.14. The van der Waals surface area contributed by atoms with Crippen LogP contribution >= 0.6 is 0 Å². The number of rotatable bonds is 5. The van der Waals surface area contributed by atoms with Crippen LogP contribution in [0.25, 0.3) is 0 Å². The largest absolute Gasteiger partial charge is 0.491 e. The van der Waals surface area contributed by atoms with E-state index in [0.29, 0.717) is 0 Å². The van der Waals surface area contributed by atoms with Gasteiger partial charge in [0.25, 0.3) is 0 Å². The number of benzene rings is 1. The van der Waals surface area contributed by atoms with Crippen LogP contribution in [0, 0.1) is 0 Å². The molecule has 0 radical (unpaired) electrons. The first kappa shape index (κ1) is 13.1. The van der Waals surface area contributed by atoms with Crippen LogP contribution in [0.2, 0.25) is 0 Å². The van der Waals surface area contributed by atoms with E-state index in [9.17, 15) is 0 Å². The van der Waals surface area contributed by atoms with E-state index >= 15 is 0 Å². The van der Waals surface area contributed by atoms with E-state index in [1.54, 1.807) is 6.26 Å². The lowest BCUT2D eigenvalue weighted by Crippen LogP contribution is -2.32. The smallest absolute Gasteiger partial charge is 0.142 e. The molecule has 0 spiro atoms. The molecule has 4 heteroatoms. The Morgan fingerprint density at radius 1 is 1.15 bits per heavy atom. The van der Waals surface area contributed by atoms with E-state index < -0.39 is 0 Å². The first-order chi connectivity index (χ1) is 9.93. The van der Waals surface area contributed by atoms with Crippen LogP contribution in [0.3, 0.4) is 0 Å². The maximum absolute atomic E-state index is 5.77. The number of nitrogens with zero attached hydrogens (tertiary/aromatic N) is 1. The van der Waals surface area contributed by atoms with Gasteiger partial charge in [0, 0.05) is 19.6 Å². The summed E-state index contributed by atoms with van der Waals surface area (Å²) in [5.41, 5.74) is 1.20. The van der Waals surface area contributed by atoms with Gasteiger partial charge in [0.1, 0.15) is 11.5 Å². The van der Waals surface area contributed by atoms with Gasteiger partial charge in [-0.25, -0.2) is 0 Å². The van der Waals surface area contributed by atoms with Gasteiger partial charge in [0.05, 0.1) is 25.1 Å². The van der Waals surface area contributed by atoms with Crippen molar-refractivity contribution in [2.75, 3.05) is 31.1 Å². The molecule has 0 atom stereocenters. The third-order valence-electron chi connectivity index (χ3n) is 3.47. The second-order valence-corrected chi connectivity index (χ2v) is 4.91. The minimum absolute atomic E-state index is 0.777. The molecule has 1 aromatic carbocycles. The predicted octanol–water partition coefficient (Wildman–Crippen LogP) is 2.66. The molecule has 0 fully saturated rings. The predicted molar refractivity (Wildman–Crippen MR) is 79.2 cm³/mol. The van der Waals surface area contributed by atoms with Crippen molar-refractivity contribution >= 4 is 5.69 Å². The van der Waals surface area contributed by atoms with E-state index in [4.69, 9.17) is 9.15 Å². The van der Waals surface area contributed by atoms with Crippen molar-refractivity contribution in [3.8, 4) is 5.75 Å². The fourth-order valence-corrected chi connectivity index (χ4v) is 2.47. The van der Waals surface area contributed by atoms with Crippen molar-refractivity contribution in [3.63, 3.8) is 0 Å². The Kier molecular flexibility index (Phi) is 4.23. The number of hydrogen-bond donors (Lipinski definition) is 1. The minimum Gasteiger partial charge on any atom is -0.491 e. The molecular formula is C16H20N2O2. The number of ether oxygens (including phenoxy) is 1. The molecule has 0 amide bonds. The van der Waals surface area contributed by atoms with Gasteiger partial charge in [0.2, 0.25) is 0 Å². The molecule has 1 aliphatic rings. The fourth-order valence-electron chi connectivity index (χ4n) is 2.47. The van der Waals surface area contributed by atoms with Crippen molar-refractivity contribution in [2.45, 2.75) is 13.0 Å². The van der Waals surface area contributed by atoms with Crippen molar-refractivity contribution in [2.24, 2.45) is 0 Å². The standard InChI is InChI=1S/C16H20N2O2/c1-2-7-16-15(6-1)18(9-4-12-20-16)10-8-17-13-14-5-3-11-19-14/h1-3,5-7,11,17H,4,8-10,12-13H2. The Bertz CT molecular complexity index is 525. The molecule has 2 heterocycles. The van der Waals surface area contributed by atoms with E-state index in [0.717, 1.165) is 50.7 Å². The Morgan fingerprint density at radius 3 is 3.00 bits per heavy atom. The summed E-state index contributed by atoms with van der Waals surface area (Å²) in [6.07, 6.45) is 2.77. The normalized spacial score (nSPS) is 14.5. The second kappa shape index (κ2) is 6.48. The maximum atomic E-state index is 5.77. The molecule has 3 rings (SSSR count). The summed E-state index contributed by atoms with van der Waals surface area (Å²) in [6.45, 7) is 4.52. The first-order valence-electron chi connectivity index (χ1n) is 7.13. The Labute approximate surface area is 119 Å². The summed E-state index contributed by atoms with van der Waals surface area (Å²) in [4.78, 5) is 2.39. The molecule has 1 aliphatic heterocycles. The summed E-state index contributed by atoms with van der Waals surface area (Å²) in [6, 6.07) is 12.2. The summed E-state index contributed by atoms with van der Waals surface area (Å²) < 4.78 is 11.1. The molecule has 1 aromatic heterocycles. The van der Waals surface area contributed by atoms with E-state index in [1.807, 2.05) is 24.3 Å². The van der Waals surface area contributed by atoms with Crippen LogP contribution < -0.4 is 15.0 Å². The highest BCUT2D eigenvalue weighted by molar-refractivity contribution is 5.58. The molecule has 106 valence electrons. The molecule has 0 aliphatic carbocycles. The number of anilines is 1. The van der Waals surface area contributed by atoms with Crippen LogP contribution in [0.4, 0.5) is 5.69 Å². The van der Waals surface area contributed by atoms with Crippen molar-refractivity contribution in [1.29, 1.82) is 0 Å². The lowest BCUT2D eigenvalue weighted by Gasteiger charge is -2.23. The molecule has 0 saturated heterocycles. The van der Waals surface area contributed by atoms with E-state index in [2.05, 4.69) is 22.3 Å². The zero-order valence-corrected chi connectivity index (χ0v) is 11.5. The maximum Gasteiger partial charge on any atom is 0.142 e. The van der Waals surface area contributed by atoms with Crippen LogP contribution in [0.5, 0.6) is 5.75 Å². The molecule has 1 N–H and O–H groups in total. The molecule has 0 saturated carbocycles. The van der Waals surface area contributed by atoms with Gasteiger partial charge in [0.15, 0.2) is 0 Å². The number of para-hydroxylation sites is 2. The summed E-state index contributed by atoms with van der Waals surface area (Å²) >= 11 is 0. The highest BCUT2D eigenvalue weighted by atomic mass is 16.5. The third-order valence-corrected chi connectivity index (χ3v) is 3.47. The average Bonchev–Trinajstić information content (AvgIpc) is 2.91. The topological polar surface area (TPSA) is 37.6 Å². The highest BCUT2D eigenvalue weighted by Crippen LogP contribution is 2.29. The van der Waals surface area contributed by atoms with Gasteiger partial charge in [-0.3, -0.25) is 0 Å². The second-order valence-electron chi connectivity index (χ2n) is 4.91. The van der Waals surface area contributed by atoms with Gasteiger partial charge >= 0.3 is 0 Å². The Balaban J connectivity index is 1.54. The van der Waals surface area contributed by atoms with Crippen LogP contribution in [-0.4, -0.2) is 26.2 Å². The zero-order valence-electron chi connectivity index (χ0n) is 11.5. The van der Waals surface area contributed by atoms with E-state index in [-0.39, 0.29) is 0 Å². The molecule has 20 heavy (non-hydrogen) atoms. The van der Waals surface area contributed by atoms with Crippen LogP contribution in [0.1, 0.15) is 12.2 Å². The van der Waals surface area contributed by atoms with E-state index in [1.165, 1.54) is 5.69 Å². The van der Waals surface area contributed by atoms with Gasteiger partial charge in [-0.15, -0.1) is 0 Å². The van der Waals surface area contributed by atoms with Crippen molar-refractivity contribution < 1.29 is 9.15 Å². The van der Waals surface area contributed by atoms with Gasteiger partial charge < -0.3 is 19.4 Å². The molecule has 0 bridgehead atoms. The molecule has 4 nitrogen and oxygen atoms in total. The summed E-state index contributed by atoms with van der Waals surface area (Å²) in [7, 11) is 0. The molecular weight excluding hydrogens is 252 g/mol. The number of hydrogen-bond acceptors (Lipinski definition) is 4. The minimum atomic E-state index is 0.777. The van der Waals surface area contributed by atoms with Crippen LogP contribution in [0.15, 0.2) is 47.1 Å². The Morgan fingerprint density at radius 2 is 2.10 bits per heavy atom. The highest BCUT2D eigenvalue weighted by Gasteiger charge is 2.14. The van der Waals surface area contributed by atoms with Gasteiger partial charge in [-0.2, -0.15) is 0 Å². The number of furan rings is 1. The van der Waals surface area contributed by atoms with Gasteiger partial charge in [-0.05, 0) is 30.7 Å². The van der Waals surface area contributed by atoms with Crippen LogP contribution in [-0.2, 0) is 6.54 Å². The Hall–Kier alpha value is -1.94. The first-order valence-corrected chi connectivity index (χ1v) is 7.13. The fraction of sp³-hybridized carbons (Fsp3) is 0.375. The summed E-state index contributed by atoms with van der Waals surface area (Å²) in [5, 5.41) is 3.41. The van der Waals surface area contributed by atoms with Crippen molar-refractivity contribution in [3.05, 3.63) is 48.4 Å². The van der Waals surface area contributed by atoms with Gasteiger partial charge in [-0.1, -0.05) is 12.1 Å².